The fourth-order valence-electron chi connectivity index (χ4n) is 2.07. The largest absolute Gasteiger partial charge is 0.356 e. The van der Waals surface area contributed by atoms with Crippen LogP contribution in [0.5, 0.6) is 0 Å². The summed E-state index contributed by atoms with van der Waals surface area (Å²) in [6, 6.07) is 0. The highest BCUT2D eigenvalue weighted by molar-refractivity contribution is 6.01. The highest BCUT2D eigenvalue weighted by atomic mass is 16.7. The van der Waals surface area contributed by atoms with Gasteiger partial charge in [-0.1, -0.05) is 26.2 Å². The summed E-state index contributed by atoms with van der Waals surface area (Å²) in [6.07, 6.45) is 5.08. The predicted molar refractivity (Wildman–Crippen MR) is 78.2 cm³/mol. The van der Waals surface area contributed by atoms with E-state index in [1.807, 2.05) is 0 Å². The van der Waals surface area contributed by atoms with Gasteiger partial charge in [-0.15, -0.1) is 5.06 Å². The number of imide groups is 1. The number of rotatable bonds is 10. The Bertz CT molecular complexity index is 406. The molecule has 1 aliphatic rings. The van der Waals surface area contributed by atoms with Crippen molar-refractivity contribution in [2.75, 3.05) is 6.54 Å². The van der Waals surface area contributed by atoms with E-state index >= 15 is 0 Å². The quantitative estimate of drug-likeness (QED) is 0.487. The molecule has 1 aliphatic heterocycles. The highest BCUT2D eigenvalue weighted by Crippen LogP contribution is 2.13. The van der Waals surface area contributed by atoms with Gasteiger partial charge in [0.15, 0.2) is 0 Å². The maximum Gasteiger partial charge on any atom is 0.333 e. The van der Waals surface area contributed by atoms with Crippen molar-refractivity contribution in [2.24, 2.45) is 0 Å². The van der Waals surface area contributed by atoms with Crippen molar-refractivity contribution >= 4 is 23.7 Å². The zero-order valence-electron chi connectivity index (χ0n) is 13.1. The van der Waals surface area contributed by atoms with Gasteiger partial charge in [0.25, 0.3) is 11.8 Å². The summed E-state index contributed by atoms with van der Waals surface area (Å²) in [5.74, 6) is -1.76. The van der Waals surface area contributed by atoms with Crippen molar-refractivity contribution in [1.82, 2.24) is 10.4 Å². The van der Waals surface area contributed by atoms with Crippen molar-refractivity contribution < 1.29 is 24.0 Å². The second-order valence-corrected chi connectivity index (χ2v) is 5.31. The average molecular weight is 312 g/mol. The van der Waals surface area contributed by atoms with Gasteiger partial charge >= 0.3 is 5.97 Å². The average Bonchev–Trinajstić information content (AvgIpc) is 2.79. The molecule has 0 saturated carbocycles. The van der Waals surface area contributed by atoms with E-state index in [2.05, 4.69) is 12.2 Å². The predicted octanol–water partition coefficient (Wildman–Crippen LogP) is 1.46. The van der Waals surface area contributed by atoms with Gasteiger partial charge in [0.05, 0.1) is 0 Å². The molecule has 0 spiro atoms. The van der Waals surface area contributed by atoms with E-state index in [-0.39, 0.29) is 31.6 Å². The molecule has 22 heavy (non-hydrogen) atoms. The van der Waals surface area contributed by atoms with Gasteiger partial charge in [-0.25, -0.2) is 4.79 Å². The number of nitrogens with zero attached hydrogens (tertiary/aromatic N) is 1. The normalized spacial score (nSPS) is 14.3. The van der Waals surface area contributed by atoms with Crippen LogP contribution in [0.15, 0.2) is 0 Å². The van der Waals surface area contributed by atoms with Crippen molar-refractivity contribution in [3.8, 4) is 0 Å². The number of hydrogen-bond acceptors (Lipinski definition) is 5. The molecule has 0 bridgehead atoms. The minimum Gasteiger partial charge on any atom is -0.356 e. The van der Waals surface area contributed by atoms with Crippen LogP contribution in [0.1, 0.15) is 64.7 Å². The van der Waals surface area contributed by atoms with Crippen LogP contribution in [0.3, 0.4) is 0 Å². The standard InChI is InChI=1S/C15H24N2O5/c1-2-3-4-5-11-16-12(18)7-6-8-15(21)22-17-13(19)9-10-14(17)20/h2-11H2,1H3,(H,16,18). The molecule has 0 aromatic heterocycles. The van der Waals surface area contributed by atoms with E-state index in [0.29, 0.717) is 18.0 Å². The molecule has 3 amide bonds. The molecule has 1 N–H and O–H groups in total. The molecule has 1 rings (SSSR count). The van der Waals surface area contributed by atoms with Crippen molar-refractivity contribution in [3.63, 3.8) is 0 Å². The SMILES string of the molecule is CCCCCCNC(=O)CCCC(=O)ON1C(=O)CCC1=O. The molecular weight excluding hydrogens is 288 g/mol. The number of hydroxylamine groups is 2. The molecule has 7 nitrogen and oxygen atoms in total. The summed E-state index contributed by atoms with van der Waals surface area (Å²) >= 11 is 0. The van der Waals surface area contributed by atoms with Crippen LogP contribution in [0.25, 0.3) is 0 Å². The molecule has 0 atom stereocenters. The maximum atomic E-state index is 11.5. The molecule has 1 saturated heterocycles. The van der Waals surface area contributed by atoms with Gasteiger partial charge < -0.3 is 10.2 Å². The lowest BCUT2D eigenvalue weighted by Gasteiger charge is -2.12. The first-order valence-electron chi connectivity index (χ1n) is 7.88. The Kier molecular flexibility index (Phi) is 8.17. The summed E-state index contributed by atoms with van der Waals surface area (Å²) in [4.78, 5) is 50.3. The van der Waals surface area contributed by atoms with Gasteiger partial charge in [-0.3, -0.25) is 14.4 Å². The smallest absolute Gasteiger partial charge is 0.333 e. The van der Waals surface area contributed by atoms with Gasteiger partial charge in [0.1, 0.15) is 0 Å². The lowest BCUT2D eigenvalue weighted by Crippen LogP contribution is -2.32. The molecule has 0 radical (unpaired) electrons. The third-order valence-electron chi connectivity index (χ3n) is 3.34. The summed E-state index contributed by atoms with van der Waals surface area (Å²) in [7, 11) is 0. The minimum absolute atomic E-state index is 0.000312. The molecule has 0 aromatic rings. The van der Waals surface area contributed by atoms with E-state index in [1.165, 1.54) is 0 Å². The first-order chi connectivity index (χ1) is 10.5. The Balaban J connectivity index is 2.08. The number of amides is 3. The van der Waals surface area contributed by atoms with Crippen LogP contribution in [0.4, 0.5) is 0 Å². The van der Waals surface area contributed by atoms with E-state index < -0.39 is 17.8 Å². The van der Waals surface area contributed by atoms with E-state index in [0.717, 1.165) is 25.7 Å². The van der Waals surface area contributed by atoms with Gasteiger partial charge in [-0.05, 0) is 12.8 Å². The van der Waals surface area contributed by atoms with Crippen LogP contribution >= 0.6 is 0 Å². The zero-order chi connectivity index (χ0) is 16.4. The van der Waals surface area contributed by atoms with Gasteiger partial charge in [0, 0.05) is 32.2 Å². The third kappa shape index (κ3) is 6.69. The zero-order valence-corrected chi connectivity index (χ0v) is 13.1. The fourth-order valence-corrected chi connectivity index (χ4v) is 2.07. The van der Waals surface area contributed by atoms with Crippen LogP contribution in [0, 0.1) is 0 Å². The van der Waals surface area contributed by atoms with Gasteiger partial charge in [-0.2, -0.15) is 0 Å². The minimum atomic E-state index is -0.667. The molecule has 1 fully saturated rings. The Morgan fingerprint density at radius 1 is 1.05 bits per heavy atom. The monoisotopic (exact) mass is 312 g/mol. The molecule has 7 heteroatoms. The molecular formula is C15H24N2O5. The topological polar surface area (TPSA) is 92.8 Å². The number of carbonyl (C=O) groups is 4. The van der Waals surface area contributed by atoms with E-state index in [1.54, 1.807) is 0 Å². The van der Waals surface area contributed by atoms with E-state index in [4.69, 9.17) is 4.84 Å². The summed E-state index contributed by atoms with van der Waals surface area (Å²) in [5, 5.41) is 3.32. The summed E-state index contributed by atoms with van der Waals surface area (Å²) in [6.45, 7) is 2.78. The number of hydrogen-bond donors (Lipinski definition) is 1. The first kappa shape index (κ1) is 18.1. The first-order valence-corrected chi connectivity index (χ1v) is 7.88. The Morgan fingerprint density at radius 3 is 2.36 bits per heavy atom. The number of unbranched alkanes of at least 4 members (excludes halogenated alkanes) is 3. The summed E-state index contributed by atoms with van der Waals surface area (Å²) in [5.41, 5.74) is 0. The molecule has 0 unspecified atom stereocenters. The van der Waals surface area contributed by atoms with Crippen LogP contribution in [-0.2, 0) is 24.0 Å². The molecule has 124 valence electrons. The van der Waals surface area contributed by atoms with Crippen molar-refractivity contribution in [2.45, 2.75) is 64.7 Å². The molecule has 0 aliphatic carbocycles. The van der Waals surface area contributed by atoms with E-state index in [9.17, 15) is 19.2 Å². The molecule has 0 aromatic carbocycles. The summed E-state index contributed by atoms with van der Waals surface area (Å²) < 4.78 is 0. The Labute approximate surface area is 130 Å². The van der Waals surface area contributed by atoms with Crippen LogP contribution < -0.4 is 5.32 Å². The second-order valence-electron chi connectivity index (χ2n) is 5.31. The Morgan fingerprint density at radius 2 is 1.73 bits per heavy atom. The van der Waals surface area contributed by atoms with Gasteiger partial charge in [0.2, 0.25) is 5.91 Å². The maximum absolute atomic E-state index is 11.5. The fraction of sp³-hybridized carbons (Fsp3) is 0.733. The number of carbonyl (C=O) groups excluding carboxylic acids is 4. The van der Waals surface area contributed by atoms with Crippen LogP contribution in [-0.4, -0.2) is 35.3 Å². The number of nitrogens with one attached hydrogen (secondary N) is 1. The lowest BCUT2D eigenvalue weighted by atomic mass is 10.2. The highest BCUT2D eigenvalue weighted by Gasteiger charge is 2.32. The third-order valence-corrected chi connectivity index (χ3v) is 3.34. The van der Waals surface area contributed by atoms with Crippen molar-refractivity contribution in [1.29, 1.82) is 0 Å². The second kappa shape index (κ2) is 9.92. The lowest BCUT2D eigenvalue weighted by molar-refractivity contribution is -0.197. The molecule has 1 heterocycles. The van der Waals surface area contributed by atoms with Crippen LogP contribution in [0.2, 0.25) is 0 Å². The Hall–Kier alpha value is -1.92. The van der Waals surface area contributed by atoms with Crippen molar-refractivity contribution in [3.05, 3.63) is 0 Å².